The highest BCUT2D eigenvalue weighted by Gasteiger charge is 2.22. The van der Waals surface area contributed by atoms with Gasteiger partial charge < -0.3 is 9.67 Å². The summed E-state index contributed by atoms with van der Waals surface area (Å²) < 4.78 is 29.2. The predicted molar refractivity (Wildman–Crippen MR) is 119 cm³/mol. The highest BCUT2D eigenvalue weighted by molar-refractivity contribution is 7.92. The third kappa shape index (κ3) is 3.88. The van der Waals surface area contributed by atoms with E-state index < -0.39 is 20.6 Å². The number of nitro benzene ring substituents is 1. The first-order valence-corrected chi connectivity index (χ1v) is 10.8. The molecule has 0 saturated carbocycles. The number of aromatic hydroxyl groups is 1. The molecular formula is C21H17N5O5S. The molecule has 0 saturated heterocycles. The molecule has 0 aliphatic carbocycles. The molecule has 0 spiro atoms. The normalized spacial score (nSPS) is 11.8. The van der Waals surface area contributed by atoms with Crippen molar-refractivity contribution in [2.24, 2.45) is 17.3 Å². The molecular weight excluding hydrogens is 434 g/mol. The largest absolute Gasteiger partial charge is 0.493 e. The van der Waals surface area contributed by atoms with Crippen molar-refractivity contribution in [2.75, 3.05) is 4.72 Å². The van der Waals surface area contributed by atoms with E-state index in [4.69, 9.17) is 0 Å². The average Bonchev–Trinajstić information content (AvgIpc) is 3.02. The van der Waals surface area contributed by atoms with Gasteiger partial charge in [0.15, 0.2) is 11.4 Å². The number of anilines is 1. The number of fused-ring (bicyclic) bond motifs is 1. The molecule has 0 fully saturated rings. The van der Waals surface area contributed by atoms with Gasteiger partial charge >= 0.3 is 0 Å². The van der Waals surface area contributed by atoms with E-state index >= 15 is 0 Å². The molecule has 0 amide bonds. The lowest BCUT2D eigenvalue weighted by molar-refractivity contribution is -0.384. The predicted octanol–water partition coefficient (Wildman–Crippen LogP) is 5.01. The SMILES string of the molecule is Cn1c(O)c(N=Nc2ccc(S(=O)(=O)Nc3ccccc3)cc2[N+](=O)[O-])c2ccccc21. The van der Waals surface area contributed by atoms with Crippen LogP contribution in [0, 0.1) is 10.1 Å². The number of nitro groups is 1. The number of rotatable bonds is 6. The zero-order valence-corrected chi connectivity index (χ0v) is 17.5. The molecule has 0 aliphatic rings. The molecule has 0 unspecified atom stereocenters. The third-order valence-electron chi connectivity index (χ3n) is 4.79. The number of nitrogens with zero attached hydrogens (tertiary/aromatic N) is 4. The van der Waals surface area contributed by atoms with E-state index in [2.05, 4.69) is 15.0 Å². The molecule has 10 nitrogen and oxygen atoms in total. The fourth-order valence-electron chi connectivity index (χ4n) is 3.18. The van der Waals surface area contributed by atoms with Gasteiger partial charge in [-0.1, -0.05) is 36.4 Å². The van der Waals surface area contributed by atoms with E-state index in [0.29, 0.717) is 16.6 Å². The summed E-state index contributed by atoms with van der Waals surface area (Å²) >= 11 is 0. The number of hydrogen-bond donors (Lipinski definition) is 2. The van der Waals surface area contributed by atoms with Gasteiger partial charge in [-0.2, -0.15) is 0 Å². The van der Waals surface area contributed by atoms with E-state index in [9.17, 15) is 23.6 Å². The maximum absolute atomic E-state index is 12.6. The van der Waals surface area contributed by atoms with Crippen LogP contribution in [0.15, 0.2) is 87.9 Å². The summed E-state index contributed by atoms with van der Waals surface area (Å²) in [6, 6.07) is 18.6. The molecule has 32 heavy (non-hydrogen) atoms. The van der Waals surface area contributed by atoms with Crippen molar-refractivity contribution < 1.29 is 18.4 Å². The third-order valence-corrected chi connectivity index (χ3v) is 6.17. The molecule has 162 valence electrons. The molecule has 1 aromatic heterocycles. The smallest absolute Gasteiger partial charge is 0.298 e. The van der Waals surface area contributed by atoms with Crippen molar-refractivity contribution in [1.29, 1.82) is 0 Å². The van der Waals surface area contributed by atoms with Crippen LogP contribution in [0.2, 0.25) is 0 Å². The fraction of sp³-hybridized carbons (Fsp3) is 0.0476. The quantitative estimate of drug-likeness (QED) is 0.241. The van der Waals surface area contributed by atoms with Crippen LogP contribution < -0.4 is 4.72 Å². The summed E-state index contributed by atoms with van der Waals surface area (Å²) in [5, 5.41) is 30.5. The Kier molecular flexibility index (Phi) is 5.33. The van der Waals surface area contributed by atoms with Crippen molar-refractivity contribution in [3.05, 3.63) is 82.9 Å². The van der Waals surface area contributed by atoms with Gasteiger partial charge in [-0.05, 0) is 30.3 Å². The number of aromatic nitrogens is 1. The zero-order valence-electron chi connectivity index (χ0n) is 16.7. The second-order valence-corrected chi connectivity index (χ2v) is 8.51. The zero-order chi connectivity index (χ0) is 22.9. The van der Waals surface area contributed by atoms with Crippen LogP contribution >= 0.6 is 0 Å². The summed E-state index contributed by atoms with van der Waals surface area (Å²) in [5.41, 5.74) is 0.498. The Morgan fingerprint density at radius 2 is 1.69 bits per heavy atom. The second kappa shape index (κ2) is 8.12. The van der Waals surface area contributed by atoms with Crippen LogP contribution in [-0.4, -0.2) is 23.0 Å². The first-order chi connectivity index (χ1) is 15.3. The minimum atomic E-state index is -4.06. The molecule has 0 radical (unpaired) electrons. The van der Waals surface area contributed by atoms with Crippen LogP contribution in [0.25, 0.3) is 10.9 Å². The van der Waals surface area contributed by atoms with Gasteiger partial charge in [-0.3, -0.25) is 14.8 Å². The number of benzene rings is 3. The first-order valence-electron chi connectivity index (χ1n) is 9.32. The highest BCUT2D eigenvalue weighted by atomic mass is 32.2. The number of aryl methyl sites for hydroxylation is 1. The summed E-state index contributed by atoms with van der Waals surface area (Å²) in [5.74, 6) is -0.149. The number of hydrogen-bond acceptors (Lipinski definition) is 7. The Bertz CT molecular complexity index is 1460. The Hall–Kier alpha value is -4.25. The summed E-state index contributed by atoms with van der Waals surface area (Å²) in [6.07, 6.45) is 0. The van der Waals surface area contributed by atoms with E-state index in [1.807, 2.05) is 0 Å². The minimum Gasteiger partial charge on any atom is -0.493 e. The summed E-state index contributed by atoms with van der Waals surface area (Å²) in [6.45, 7) is 0. The number of para-hydroxylation sites is 2. The molecule has 0 bridgehead atoms. The van der Waals surface area contributed by atoms with E-state index in [1.54, 1.807) is 61.6 Å². The van der Waals surface area contributed by atoms with Crippen molar-refractivity contribution >= 4 is 43.7 Å². The van der Waals surface area contributed by atoms with Gasteiger partial charge in [0.1, 0.15) is 0 Å². The van der Waals surface area contributed by atoms with E-state index in [0.717, 1.165) is 6.07 Å². The Morgan fingerprint density at radius 3 is 2.41 bits per heavy atom. The average molecular weight is 451 g/mol. The van der Waals surface area contributed by atoms with Crippen LogP contribution in [0.1, 0.15) is 0 Å². The van der Waals surface area contributed by atoms with Crippen LogP contribution in [-0.2, 0) is 17.1 Å². The lowest BCUT2D eigenvalue weighted by Gasteiger charge is -2.08. The Labute approximate surface area is 182 Å². The van der Waals surface area contributed by atoms with Crippen molar-refractivity contribution in [1.82, 2.24) is 4.57 Å². The highest BCUT2D eigenvalue weighted by Crippen LogP contribution is 2.39. The standard InChI is InChI=1S/C21H17N5O5S/c1-25-18-10-6-5-9-16(18)20(21(25)27)23-22-17-12-11-15(13-19(17)26(28)29)32(30,31)24-14-7-3-2-4-8-14/h2-13,24,27H,1H3. The molecule has 4 aromatic rings. The topological polar surface area (TPSA) is 139 Å². The molecule has 2 N–H and O–H groups in total. The van der Waals surface area contributed by atoms with Gasteiger partial charge in [0, 0.05) is 24.2 Å². The monoisotopic (exact) mass is 451 g/mol. The van der Waals surface area contributed by atoms with Crippen molar-refractivity contribution in [3.8, 4) is 5.88 Å². The van der Waals surface area contributed by atoms with Gasteiger partial charge in [-0.25, -0.2) is 8.42 Å². The maximum Gasteiger partial charge on any atom is 0.298 e. The summed E-state index contributed by atoms with van der Waals surface area (Å²) in [4.78, 5) is 10.6. The minimum absolute atomic E-state index is 0.149. The molecule has 0 aliphatic heterocycles. The molecule has 11 heteroatoms. The van der Waals surface area contributed by atoms with Gasteiger partial charge in [0.2, 0.25) is 5.88 Å². The summed E-state index contributed by atoms with van der Waals surface area (Å²) in [7, 11) is -2.40. The maximum atomic E-state index is 12.6. The second-order valence-electron chi connectivity index (χ2n) is 6.83. The fourth-order valence-corrected chi connectivity index (χ4v) is 4.26. The Balaban J connectivity index is 1.72. The lowest BCUT2D eigenvalue weighted by Crippen LogP contribution is -2.13. The van der Waals surface area contributed by atoms with E-state index in [-0.39, 0.29) is 22.2 Å². The van der Waals surface area contributed by atoms with Crippen molar-refractivity contribution in [2.45, 2.75) is 4.90 Å². The van der Waals surface area contributed by atoms with Gasteiger partial charge in [0.05, 0.1) is 15.3 Å². The first kappa shape index (κ1) is 21.0. The van der Waals surface area contributed by atoms with Crippen LogP contribution in [0.3, 0.4) is 0 Å². The van der Waals surface area contributed by atoms with E-state index in [1.165, 1.54) is 16.7 Å². The van der Waals surface area contributed by atoms with Crippen LogP contribution in [0.5, 0.6) is 5.88 Å². The van der Waals surface area contributed by atoms with Gasteiger partial charge in [-0.15, -0.1) is 10.2 Å². The van der Waals surface area contributed by atoms with Gasteiger partial charge in [0.25, 0.3) is 15.7 Å². The number of nitrogens with one attached hydrogen (secondary N) is 1. The molecule has 4 rings (SSSR count). The molecule has 3 aromatic carbocycles. The lowest BCUT2D eigenvalue weighted by atomic mass is 10.2. The number of sulfonamides is 1. The van der Waals surface area contributed by atoms with Crippen molar-refractivity contribution in [3.63, 3.8) is 0 Å². The Morgan fingerprint density at radius 1 is 1.00 bits per heavy atom. The van der Waals surface area contributed by atoms with Crippen LogP contribution in [0.4, 0.5) is 22.7 Å². The number of azo groups is 1. The molecule has 1 heterocycles. The molecule has 0 atom stereocenters.